The van der Waals surface area contributed by atoms with Crippen LogP contribution in [0.1, 0.15) is 59.6 Å². The zero-order valence-electron chi connectivity index (χ0n) is 19.5. The summed E-state index contributed by atoms with van der Waals surface area (Å²) in [5.41, 5.74) is 3.67. The molecule has 1 aliphatic carbocycles. The predicted molar refractivity (Wildman–Crippen MR) is 128 cm³/mol. The van der Waals surface area contributed by atoms with Crippen LogP contribution in [0.15, 0.2) is 48.6 Å². The number of anilines is 1. The number of amides is 1. The first-order valence-electron chi connectivity index (χ1n) is 11.9. The molecule has 0 aromatic heterocycles. The van der Waals surface area contributed by atoms with Gasteiger partial charge in [-0.3, -0.25) is 9.59 Å². The monoisotopic (exact) mass is 462 g/mol. The predicted octanol–water partition coefficient (Wildman–Crippen LogP) is 4.36. The first kappa shape index (κ1) is 22.5. The molecular weight excluding hydrogens is 432 g/mol. The molecule has 4 unspecified atom stereocenters. The lowest BCUT2D eigenvalue weighted by atomic mass is 9.76. The molecule has 5 rings (SSSR count). The number of methoxy groups -OCH3 is 1. The molecule has 178 valence electrons. The molecule has 7 nitrogen and oxygen atoms in total. The number of benzene rings is 2. The van der Waals surface area contributed by atoms with E-state index in [2.05, 4.69) is 28.9 Å². The summed E-state index contributed by atoms with van der Waals surface area (Å²) in [6.45, 7) is 2.65. The van der Waals surface area contributed by atoms with Gasteiger partial charge in [0.2, 0.25) is 0 Å². The third kappa shape index (κ3) is 4.28. The van der Waals surface area contributed by atoms with Crippen molar-refractivity contribution in [1.29, 1.82) is 0 Å². The van der Waals surface area contributed by atoms with Crippen LogP contribution in [0.5, 0.6) is 11.5 Å². The van der Waals surface area contributed by atoms with Gasteiger partial charge in [-0.15, -0.1) is 0 Å². The maximum absolute atomic E-state index is 13.2. The minimum absolute atomic E-state index is 0.0279. The van der Waals surface area contributed by atoms with E-state index in [0.717, 1.165) is 42.7 Å². The van der Waals surface area contributed by atoms with Crippen LogP contribution in [0.4, 0.5) is 5.69 Å². The molecule has 2 aliphatic heterocycles. The first-order valence-corrected chi connectivity index (χ1v) is 11.9. The van der Waals surface area contributed by atoms with Crippen LogP contribution in [0.25, 0.3) is 0 Å². The molecule has 4 atom stereocenters. The van der Waals surface area contributed by atoms with Gasteiger partial charge in [0.05, 0.1) is 30.5 Å². The lowest BCUT2D eigenvalue weighted by Gasteiger charge is -2.38. The molecule has 0 saturated carbocycles. The van der Waals surface area contributed by atoms with Crippen molar-refractivity contribution in [3.63, 3.8) is 0 Å². The highest BCUT2D eigenvalue weighted by Crippen LogP contribution is 2.51. The molecule has 0 spiro atoms. The highest BCUT2D eigenvalue weighted by Gasteiger charge is 2.39. The molecule has 2 N–H and O–H groups in total. The number of allylic oxidation sites excluding steroid dienone is 2. The topological polar surface area (TPSA) is 85.9 Å². The molecule has 1 saturated heterocycles. The fourth-order valence-corrected chi connectivity index (χ4v) is 5.36. The number of hydrogen-bond acceptors (Lipinski definition) is 6. The molecule has 1 amide bonds. The molecule has 2 aromatic carbocycles. The summed E-state index contributed by atoms with van der Waals surface area (Å²) in [7, 11) is 1.56. The Kier molecular flexibility index (Phi) is 6.28. The number of carbonyl (C=O) groups excluding carboxylic acids is 2. The summed E-state index contributed by atoms with van der Waals surface area (Å²) < 4.78 is 16.4. The van der Waals surface area contributed by atoms with Gasteiger partial charge in [-0.05, 0) is 54.5 Å². The van der Waals surface area contributed by atoms with Crippen molar-refractivity contribution in [3.8, 4) is 11.5 Å². The highest BCUT2D eigenvalue weighted by molar-refractivity contribution is 6.00. The van der Waals surface area contributed by atoms with Crippen molar-refractivity contribution in [1.82, 2.24) is 5.32 Å². The molecular formula is C27H30N2O5. The zero-order valence-corrected chi connectivity index (χ0v) is 19.5. The number of hydrogen-bond donors (Lipinski definition) is 2. The Balaban J connectivity index is 1.45. The fourth-order valence-electron chi connectivity index (χ4n) is 5.36. The Morgan fingerprint density at radius 3 is 2.85 bits per heavy atom. The van der Waals surface area contributed by atoms with E-state index in [1.807, 2.05) is 24.3 Å². The van der Waals surface area contributed by atoms with Crippen molar-refractivity contribution in [2.45, 2.75) is 44.2 Å². The summed E-state index contributed by atoms with van der Waals surface area (Å²) in [5.74, 6) is 0.931. The lowest BCUT2D eigenvalue weighted by Crippen LogP contribution is -2.34. The van der Waals surface area contributed by atoms with Crippen molar-refractivity contribution in [2.75, 3.05) is 25.6 Å². The molecule has 1 fully saturated rings. The van der Waals surface area contributed by atoms with E-state index in [1.54, 1.807) is 13.2 Å². The van der Waals surface area contributed by atoms with Gasteiger partial charge in [-0.1, -0.05) is 30.4 Å². The largest absolute Gasteiger partial charge is 0.493 e. The Labute approximate surface area is 199 Å². The van der Waals surface area contributed by atoms with E-state index in [9.17, 15) is 9.59 Å². The molecule has 0 radical (unpaired) electrons. The number of esters is 1. The lowest BCUT2D eigenvalue weighted by molar-refractivity contribution is -0.132. The summed E-state index contributed by atoms with van der Waals surface area (Å²) in [4.78, 5) is 24.6. The maximum Gasteiger partial charge on any atom is 0.308 e. The van der Waals surface area contributed by atoms with Gasteiger partial charge in [0.1, 0.15) is 0 Å². The highest BCUT2D eigenvalue weighted by atomic mass is 16.6. The van der Waals surface area contributed by atoms with Crippen LogP contribution in [0, 0.1) is 5.92 Å². The van der Waals surface area contributed by atoms with E-state index in [1.165, 1.54) is 6.92 Å². The quantitative estimate of drug-likeness (QED) is 0.377. The SMILES string of the molecule is COc1cc(C2Nc3c(C(=O)NCC4CCCO4)cccc3C3C=CCC32)ccc1OC(C)=O. The second-order valence-corrected chi connectivity index (χ2v) is 9.09. The van der Waals surface area contributed by atoms with Gasteiger partial charge in [-0.25, -0.2) is 0 Å². The van der Waals surface area contributed by atoms with Crippen LogP contribution < -0.4 is 20.1 Å². The number of ether oxygens (including phenoxy) is 3. The summed E-state index contributed by atoms with van der Waals surface area (Å²) in [6.07, 6.45) is 7.51. The Bertz CT molecular complexity index is 1120. The van der Waals surface area contributed by atoms with Gasteiger partial charge in [0, 0.05) is 26.0 Å². The standard InChI is InChI=1S/C27H30N2O5/c1-16(30)34-23-12-11-17(14-24(23)32-2)25-20-8-3-7-19(20)21-9-4-10-22(26(21)29-25)27(31)28-15-18-6-5-13-33-18/h3-4,7,9-12,14,18-20,25,29H,5-6,8,13,15H2,1-2H3,(H,28,31). The Morgan fingerprint density at radius 2 is 2.09 bits per heavy atom. The van der Waals surface area contributed by atoms with E-state index in [4.69, 9.17) is 14.2 Å². The molecule has 0 bridgehead atoms. The van der Waals surface area contributed by atoms with E-state index in [0.29, 0.717) is 29.5 Å². The Morgan fingerprint density at radius 1 is 1.21 bits per heavy atom. The van der Waals surface area contributed by atoms with Crippen molar-refractivity contribution in [3.05, 3.63) is 65.2 Å². The normalized spacial score (nSPS) is 24.6. The van der Waals surface area contributed by atoms with Crippen LogP contribution in [-0.4, -0.2) is 38.2 Å². The van der Waals surface area contributed by atoms with Crippen molar-refractivity contribution in [2.24, 2.45) is 5.92 Å². The molecule has 2 heterocycles. The minimum atomic E-state index is -0.394. The number of nitrogens with one attached hydrogen (secondary N) is 2. The fraction of sp³-hybridized carbons (Fsp3) is 0.407. The summed E-state index contributed by atoms with van der Waals surface area (Å²) in [6, 6.07) is 11.5. The third-order valence-electron chi connectivity index (χ3n) is 6.96. The average molecular weight is 463 g/mol. The van der Waals surface area contributed by atoms with Gasteiger partial charge in [-0.2, -0.15) is 0 Å². The van der Waals surface area contributed by atoms with Crippen molar-refractivity contribution >= 4 is 17.6 Å². The molecule has 7 heteroatoms. The van der Waals surface area contributed by atoms with E-state index < -0.39 is 5.97 Å². The maximum atomic E-state index is 13.2. The Hall–Kier alpha value is -3.32. The second-order valence-electron chi connectivity index (χ2n) is 9.09. The van der Waals surface area contributed by atoms with Gasteiger partial charge >= 0.3 is 5.97 Å². The van der Waals surface area contributed by atoms with E-state index >= 15 is 0 Å². The summed E-state index contributed by atoms with van der Waals surface area (Å²) in [5, 5.41) is 6.74. The number of rotatable bonds is 6. The summed E-state index contributed by atoms with van der Waals surface area (Å²) >= 11 is 0. The van der Waals surface area contributed by atoms with Crippen LogP contribution in [0.2, 0.25) is 0 Å². The number of fused-ring (bicyclic) bond motifs is 3. The van der Waals surface area contributed by atoms with Crippen LogP contribution in [-0.2, 0) is 9.53 Å². The van der Waals surface area contributed by atoms with E-state index in [-0.39, 0.29) is 24.0 Å². The van der Waals surface area contributed by atoms with Crippen molar-refractivity contribution < 1.29 is 23.8 Å². The van der Waals surface area contributed by atoms with Crippen LogP contribution in [0.3, 0.4) is 0 Å². The van der Waals surface area contributed by atoms with Crippen LogP contribution >= 0.6 is 0 Å². The minimum Gasteiger partial charge on any atom is -0.493 e. The third-order valence-corrected chi connectivity index (χ3v) is 6.96. The molecule has 3 aliphatic rings. The number of carbonyl (C=O) groups is 2. The van der Waals surface area contributed by atoms with Gasteiger partial charge in [0.15, 0.2) is 11.5 Å². The average Bonchev–Trinajstić information content (AvgIpc) is 3.54. The van der Waals surface area contributed by atoms with Gasteiger partial charge < -0.3 is 24.8 Å². The smallest absolute Gasteiger partial charge is 0.308 e. The number of para-hydroxylation sites is 1. The molecule has 2 aromatic rings. The van der Waals surface area contributed by atoms with Gasteiger partial charge in [0.25, 0.3) is 5.91 Å². The molecule has 34 heavy (non-hydrogen) atoms. The second kappa shape index (κ2) is 9.50. The zero-order chi connectivity index (χ0) is 23.7. The first-order chi connectivity index (χ1) is 16.5.